The predicted molar refractivity (Wildman–Crippen MR) is 182 cm³/mol. The Balaban J connectivity index is 3.15. The van der Waals surface area contributed by atoms with Crippen molar-refractivity contribution >= 4 is 42.4 Å². The number of benzene rings is 2. The van der Waals surface area contributed by atoms with Crippen molar-refractivity contribution in [3.63, 3.8) is 0 Å². The molecule has 0 saturated carbocycles. The van der Waals surface area contributed by atoms with E-state index in [4.69, 9.17) is 9.53 Å². The Morgan fingerprint density at radius 2 is 0.684 bits per heavy atom. The first-order chi connectivity index (χ1) is 17.0. The van der Waals surface area contributed by atoms with Gasteiger partial charge in [0, 0.05) is 0 Å². The summed E-state index contributed by atoms with van der Waals surface area (Å²) in [6, 6.07) is 19.1. The van der Waals surface area contributed by atoms with Crippen LogP contribution in [-0.2, 0) is 14.7 Å². The molecule has 0 spiro atoms. The molecule has 2 aromatic rings. The SMILES string of the molecule is CN(C)c1ccc([PH]([Pd]([Cl])[PH](c2ccc(N(C)C)cc2)(C(C)(C)C)C(C)(C)C)(C(C)(C)C)C(C)(C)C)cc1. The van der Waals surface area contributed by atoms with Crippen molar-refractivity contribution in [1.82, 2.24) is 0 Å². The van der Waals surface area contributed by atoms with E-state index in [1.54, 1.807) is 0 Å². The molecule has 0 heterocycles. The third kappa shape index (κ3) is 5.64. The van der Waals surface area contributed by atoms with Crippen LogP contribution in [0.3, 0.4) is 0 Å². The first-order valence-corrected chi connectivity index (χ1v) is 24.1. The fraction of sp³-hybridized carbons (Fsp3) is 0.625. The summed E-state index contributed by atoms with van der Waals surface area (Å²) in [6.45, 7) is 30.0. The fourth-order valence-electron chi connectivity index (χ4n) is 7.11. The second-order valence-corrected chi connectivity index (χ2v) is 42.3. The molecule has 0 aliphatic carbocycles. The van der Waals surface area contributed by atoms with Crippen LogP contribution in [0.4, 0.5) is 11.4 Å². The molecule has 0 atom stereocenters. The van der Waals surface area contributed by atoms with E-state index < -0.39 is 25.6 Å². The van der Waals surface area contributed by atoms with Crippen LogP contribution in [0.2, 0.25) is 0 Å². The summed E-state index contributed by atoms with van der Waals surface area (Å²) in [5, 5.41) is 3.43. The van der Waals surface area contributed by atoms with Crippen LogP contribution in [0.25, 0.3) is 0 Å². The van der Waals surface area contributed by atoms with Crippen LogP contribution >= 0.6 is 20.4 Å². The molecule has 0 N–H and O–H groups in total. The maximum atomic E-state index is 8.56. The summed E-state index contributed by atoms with van der Waals surface area (Å²) in [5.74, 6) is 0. The summed E-state index contributed by atoms with van der Waals surface area (Å²) < 4.78 is 0. The minimum absolute atomic E-state index is 0.0892. The van der Waals surface area contributed by atoms with Gasteiger partial charge in [-0.25, -0.2) is 0 Å². The number of hydrogen-bond donors (Lipinski definition) is 0. The molecular weight excluding hydrogens is 616 g/mol. The molecule has 0 unspecified atom stereocenters. The van der Waals surface area contributed by atoms with Gasteiger partial charge >= 0.3 is 247 Å². The van der Waals surface area contributed by atoms with Gasteiger partial charge in [-0.05, 0) is 0 Å². The van der Waals surface area contributed by atoms with E-state index in [2.05, 4.69) is 170 Å². The van der Waals surface area contributed by atoms with E-state index in [0.717, 1.165) is 0 Å². The summed E-state index contributed by atoms with van der Waals surface area (Å²) in [5.41, 5.74) is -2.29. The average molecular weight is 675 g/mol. The zero-order chi connectivity index (χ0) is 29.7. The van der Waals surface area contributed by atoms with Crippen molar-refractivity contribution in [1.29, 1.82) is 0 Å². The maximum absolute atomic E-state index is 8.56. The third-order valence-corrected chi connectivity index (χ3v) is 56.4. The molecule has 0 bridgehead atoms. The summed E-state index contributed by atoms with van der Waals surface area (Å²) in [7, 11) is 17.1. The normalized spacial score (nSPS) is 15.2. The third-order valence-electron chi connectivity index (χ3n) is 7.89. The average Bonchev–Trinajstić information content (AvgIpc) is 2.71. The van der Waals surface area contributed by atoms with E-state index in [-0.39, 0.29) is 20.6 Å². The van der Waals surface area contributed by atoms with E-state index >= 15 is 0 Å². The first kappa shape index (κ1) is 34.1. The molecule has 0 fully saturated rings. The zero-order valence-electron chi connectivity index (χ0n) is 27.2. The minimum atomic E-state index is -2.39. The second kappa shape index (κ2) is 11.3. The van der Waals surface area contributed by atoms with Gasteiger partial charge in [-0.3, -0.25) is 0 Å². The number of rotatable bonds is 6. The van der Waals surface area contributed by atoms with Crippen LogP contribution < -0.4 is 20.4 Å². The van der Waals surface area contributed by atoms with Crippen LogP contribution in [-0.4, -0.2) is 48.8 Å². The Hall–Kier alpha value is -0.148. The van der Waals surface area contributed by atoms with Crippen molar-refractivity contribution in [2.75, 3.05) is 38.0 Å². The van der Waals surface area contributed by atoms with Crippen molar-refractivity contribution in [2.24, 2.45) is 0 Å². The molecule has 0 aliphatic rings. The van der Waals surface area contributed by atoms with Gasteiger partial charge < -0.3 is 0 Å². The molecule has 223 valence electrons. The van der Waals surface area contributed by atoms with Crippen LogP contribution in [0.1, 0.15) is 83.1 Å². The summed E-state index contributed by atoms with van der Waals surface area (Å²) in [4.78, 5) is 4.40. The molecule has 0 aliphatic heterocycles. The van der Waals surface area contributed by atoms with Crippen molar-refractivity contribution in [2.45, 2.75) is 104 Å². The summed E-state index contributed by atoms with van der Waals surface area (Å²) >= 11 is -1.68. The van der Waals surface area contributed by atoms with Crippen LogP contribution in [0.5, 0.6) is 0 Å². The molecule has 2 aromatic carbocycles. The molecular formula is C32H58ClN2P2Pd. The van der Waals surface area contributed by atoms with Gasteiger partial charge in [0.1, 0.15) is 0 Å². The van der Waals surface area contributed by atoms with Gasteiger partial charge in [0.25, 0.3) is 0 Å². The Morgan fingerprint density at radius 1 is 0.474 bits per heavy atom. The van der Waals surface area contributed by atoms with Gasteiger partial charge in [0.05, 0.1) is 0 Å². The zero-order valence-corrected chi connectivity index (χ0v) is 31.5. The quantitative estimate of drug-likeness (QED) is 0.223. The second-order valence-electron chi connectivity index (χ2n) is 15.3. The first-order valence-electron chi connectivity index (χ1n) is 13.8. The molecule has 2 rings (SSSR count). The molecule has 0 amide bonds. The molecule has 0 saturated heterocycles. The molecule has 0 radical (unpaired) electrons. The standard InChI is InChI=1S/2C16H28NP.ClH.Pd/c2*1-15(2,3)18(16(4,5)6)14-11-9-13(10-12-14)17(7)8;;/h2*9-12H,1-8H3;1H;/q;;;-1/p+1. The van der Waals surface area contributed by atoms with Gasteiger partial charge in [0.15, 0.2) is 0 Å². The van der Waals surface area contributed by atoms with Gasteiger partial charge in [-0.1, -0.05) is 0 Å². The van der Waals surface area contributed by atoms with Gasteiger partial charge in [-0.2, -0.15) is 0 Å². The Labute approximate surface area is 246 Å². The van der Waals surface area contributed by atoms with Crippen LogP contribution in [0.15, 0.2) is 48.5 Å². The van der Waals surface area contributed by atoms with Crippen molar-refractivity contribution in [3.05, 3.63) is 48.5 Å². The van der Waals surface area contributed by atoms with Gasteiger partial charge in [-0.15, -0.1) is 0 Å². The van der Waals surface area contributed by atoms with E-state index in [9.17, 15) is 0 Å². The number of halogens is 1. The van der Waals surface area contributed by atoms with E-state index in [1.807, 2.05) is 0 Å². The fourth-order valence-corrected chi connectivity index (χ4v) is 79.0. The number of hydrogen-bond acceptors (Lipinski definition) is 2. The van der Waals surface area contributed by atoms with Crippen molar-refractivity contribution in [3.8, 4) is 0 Å². The number of anilines is 2. The van der Waals surface area contributed by atoms with Crippen LogP contribution in [0, 0.1) is 0 Å². The Morgan fingerprint density at radius 3 is 0.842 bits per heavy atom. The Kier molecular flexibility index (Phi) is 10.1. The topological polar surface area (TPSA) is 6.48 Å². The Bertz CT molecular complexity index is 952. The van der Waals surface area contributed by atoms with Gasteiger partial charge in [0.2, 0.25) is 0 Å². The number of nitrogens with zero attached hydrogens (tertiary/aromatic N) is 2. The van der Waals surface area contributed by atoms with Crippen molar-refractivity contribution < 1.29 is 14.7 Å². The molecule has 38 heavy (non-hydrogen) atoms. The summed E-state index contributed by atoms with van der Waals surface area (Å²) in [6.07, 6.45) is 0. The van der Waals surface area contributed by atoms with E-state index in [1.165, 1.54) is 22.0 Å². The molecule has 2 nitrogen and oxygen atoms in total. The monoisotopic (exact) mass is 673 g/mol. The molecule has 0 aromatic heterocycles. The predicted octanol–water partition coefficient (Wildman–Crippen LogP) is 9.07. The van der Waals surface area contributed by atoms with E-state index in [0.29, 0.717) is 0 Å². The molecule has 6 heteroatoms.